The van der Waals surface area contributed by atoms with Crippen LogP contribution in [0.3, 0.4) is 0 Å². The van der Waals surface area contributed by atoms with Crippen molar-refractivity contribution in [3.8, 4) is 22.4 Å². The first-order valence-corrected chi connectivity index (χ1v) is 5.27. The molecule has 0 unspecified atom stereocenters. The summed E-state index contributed by atoms with van der Waals surface area (Å²) in [5, 5.41) is 2.58. The van der Waals surface area contributed by atoms with Gasteiger partial charge in [0, 0.05) is 17.3 Å². The van der Waals surface area contributed by atoms with E-state index in [9.17, 15) is 0 Å². The fraction of sp³-hybridized carbons (Fsp3) is 0. The molecular weight excluding hydrogens is 196 g/mol. The normalized spacial score (nSPS) is 11.8. The summed E-state index contributed by atoms with van der Waals surface area (Å²) in [6.45, 7) is 0. The van der Waals surface area contributed by atoms with Crippen LogP contribution in [0, 0.1) is 0 Å². The van der Waals surface area contributed by atoms with Gasteiger partial charge in [0.25, 0.3) is 0 Å². The van der Waals surface area contributed by atoms with Gasteiger partial charge in [-0.2, -0.15) is 0 Å². The molecule has 0 N–H and O–H groups in total. The van der Waals surface area contributed by atoms with E-state index in [1.54, 1.807) is 6.33 Å². The maximum Gasteiger partial charge on any atom is 0.116 e. The molecule has 0 aliphatic heterocycles. The first kappa shape index (κ1) is 7.99. The zero-order chi connectivity index (χ0) is 10.5. The third-order valence-corrected chi connectivity index (χ3v) is 3.16. The molecule has 1 aromatic heterocycles. The van der Waals surface area contributed by atoms with Gasteiger partial charge in [-0.3, -0.25) is 0 Å². The summed E-state index contributed by atoms with van der Waals surface area (Å²) in [6, 6.07) is 12.7. The van der Waals surface area contributed by atoms with Gasteiger partial charge in [0.2, 0.25) is 0 Å². The molecule has 2 aromatic carbocycles. The lowest BCUT2D eigenvalue weighted by Gasteiger charge is -1.99. The van der Waals surface area contributed by atoms with Crippen molar-refractivity contribution in [3.05, 3.63) is 48.9 Å². The summed E-state index contributed by atoms with van der Waals surface area (Å²) in [6.07, 6.45) is 3.51. The molecule has 2 nitrogen and oxygen atoms in total. The number of aromatic nitrogens is 2. The molecule has 0 atom stereocenters. The van der Waals surface area contributed by atoms with E-state index < -0.39 is 0 Å². The van der Waals surface area contributed by atoms with Gasteiger partial charge in [0.15, 0.2) is 0 Å². The van der Waals surface area contributed by atoms with E-state index in [1.807, 2.05) is 6.20 Å². The fourth-order valence-electron chi connectivity index (χ4n) is 2.50. The lowest BCUT2D eigenvalue weighted by atomic mass is 10.0. The number of rotatable bonds is 0. The van der Waals surface area contributed by atoms with Crippen LogP contribution in [0.2, 0.25) is 0 Å². The van der Waals surface area contributed by atoms with Crippen molar-refractivity contribution < 1.29 is 0 Å². The van der Waals surface area contributed by atoms with Gasteiger partial charge in [0.1, 0.15) is 6.33 Å². The van der Waals surface area contributed by atoms with Crippen molar-refractivity contribution in [2.24, 2.45) is 0 Å². The molecule has 1 aliphatic carbocycles. The van der Waals surface area contributed by atoms with E-state index in [0.29, 0.717) is 0 Å². The van der Waals surface area contributed by atoms with Crippen molar-refractivity contribution in [2.45, 2.75) is 0 Å². The van der Waals surface area contributed by atoms with Crippen LogP contribution in [-0.4, -0.2) is 9.97 Å². The van der Waals surface area contributed by atoms with Crippen molar-refractivity contribution in [1.29, 1.82) is 0 Å². The first-order chi connectivity index (χ1) is 7.95. The summed E-state index contributed by atoms with van der Waals surface area (Å²) in [4.78, 5) is 8.50. The lowest BCUT2D eigenvalue weighted by Crippen LogP contribution is -1.82. The zero-order valence-electron chi connectivity index (χ0n) is 8.51. The molecule has 2 heteroatoms. The number of hydrogen-bond acceptors (Lipinski definition) is 2. The molecule has 0 bridgehead atoms. The third kappa shape index (κ3) is 0.823. The summed E-state index contributed by atoms with van der Waals surface area (Å²) in [7, 11) is 0. The predicted octanol–water partition coefficient (Wildman–Crippen LogP) is 3.28. The molecule has 3 aromatic rings. The summed E-state index contributed by atoms with van der Waals surface area (Å²) in [5.41, 5.74) is 4.69. The minimum absolute atomic E-state index is 1.06. The molecular formula is C14H8N2. The van der Waals surface area contributed by atoms with Crippen LogP contribution >= 0.6 is 0 Å². The van der Waals surface area contributed by atoms with Crippen molar-refractivity contribution in [3.63, 3.8) is 0 Å². The Balaban J connectivity index is 2.31. The molecule has 1 aliphatic rings. The van der Waals surface area contributed by atoms with E-state index in [4.69, 9.17) is 0 Å². The Morgan fingerprint density at radius 3 is 2.50 bits per heavy atom. The Labute approximate surface area is 92.6 Å². The van der Waals surface area contributed by atoms with Gasteiger partial charge >= 0.3 is 0 Å². The summed E-state index contributed by atoms with van der Waals surface area (Å²) in [5.74, 6) is 0. The third-order valence-electron chi connectivity index (χ3n) is 3.16. The quantitative estimate of drug-likeness (QED) is 0.439. The molecule has 0 saturated heterocycles. The van der Waals surface area contributed by atoms with Crippen LogP contribution in [0.15, 0.2) is 48.9 Å². The van der Waals surface area contributed by atoms with Crippen LogP contribution < -0.4 is 0 Å². The van der Waals surface area contributed by atoms with Crippen LogP contribution in [0.25, 0.3) is 33.2 Å². The molecule has 0 radical (unpaired) electrons. The monoisotopic (exact) mass is 204 g/mol. The Morgan fingerprint density at radius 1 is 0.812 bits per heavy atom. The number of hydrogen-bond donors (Lipinski definition) is 0. The minimum atomic E-state index is 1.06. The second-order valence-corrected chi connectivity index (χ2v) is 3.99. The topological polar surface area (TPSA) is 25.8 Å². The summed E-state index contributed by atoms with van der Waals surface area (Å²) >= 11 is 0. The molecule has 0 saturated carbocycles. The molecule has 0 spiro atoms. The lowest BCUT2D eigenvalue weighted by molar-refractivity contribution is 1.18. The maximum atomic E-state index is 4.39. The van der Waals surface area contributed by atoms with Gasteiger partial charge in [0.05, 0.1) is 5.69 Å². The fourth-order valence-corrected chi connectivity index (χ4v) is 2.50. The van der Waals surface area contributed by atoms with Gasteiger partial charge in [-0.15, -0.1) is 0 Å². The smallest absolute Gasteiger partial charge is 0.116 e. The molecule has 4 rings (SSSR count). The number of fused-ring (bicyclic) bond motifs is 3. The second-order valence-electron chi connectivity index (χ2n) is 3.99. The Hall–Kier alpha value is -2.22. The van der Waals surface area contributed by atoms with E-state index in [2.05, 4.69) is 46.4 Å². The average molecular weight is 204 g/mol. The van der Waals surface area contributed by atoms with Gasteiger partial charge in [-0.25, -0.2) is 9.97 Å². The van der Waals surface area contributed by atoms with Crippen LogP contribution in [-0.2, 0) is 0 Å². The minimum Gasteiger partial charge on any atom is -0.244 e. The van der Waals surface area contributed by atoms with Gasteiger partial charge in [-0.05, 0) is 16.3 Å². The van der Waals surface area contributed by atoms with E-state index in [0.717, 1.165) is 11.3 Å². The second kappa shape index (κ2) is 2.67. The molecule has 1 heterocycles. The Bertz CT molecular complexity index is 659. The van der Waals surface area contributed by atoms with Gasteiger partial charge in [-0.1, -0.05) is 36.4 Å². The molecule has 0 fully saturated rings. The van der Waals surface area contributed by atoms with E-state index >= 15 is 0 Å². The SMILES string of the molecule is c1cc2c3c(cccc3c1)-c1ncncc1-2. The van der Waals surface area contributed by atoms with Crippen molar-refractivity contribution in [1.82, 2.24) is 9.97 Å². The Kier molecular flexibility index (Phi) is 1.33. The molecule has 16 heavy (non-hydrogen) atoms. The highest BCUT2D eigenvalue weighted by molar-refractivity contribution is 6.13. The average Bonchev–Trinajstić information content (AvgIpc) is 2.68. The number of nitrogens with zero attached hydrogens (tertiary/aromatic N) is 2. The van der Waals surface area contributed by atoms with Crippen LogP contribution in [0.5, 0.6) is 0 Å². The van der Waals surface area contributed by atoms with E-state index in [1.165, 1.54) is 21.9 Å². The van der Waals surface area contributed by atoms with Crippen molar-refractivity contribution in [2.75, 3.05) is 0 Å². The predicted molar refractivity (Wildman–Crippen MR) is 64.0 cm³/mol. The summed E-state index contributed by atoms with van der Waals surface area (Å²) < 4.78 is 0. The van der Waals surface area contributed by atoms with Crippen LogP contribution in [0.1, 0.15) is 0 Å². The largest absolute Gasteiger partial charge is 0.244 e. The van der Waals surface area contributed by atoms with Crippen molar-refractivity contribution >= 4 is 10.8 Å². The molecule has 74 valence electrons. The highest BCUT2D eigenvalue weighted by Crippen LogP contribution is 2.44. The highest BCUT2D eigenvalue weighted by Gasteiger charge is 2.21. The maximum absolute atomic E-state index is 4.39. The Morgan fingerprint density at radius 2 is 1.62 bits per heavy atom. The van der Waals surface area contributed by atoms with E-state index in [-0.39, 0.29) is 0 Å². The van der Waals surface area contributed by atoms with Crippen LogP contribution in [0.4, 0.5) is 0 Å². The zero-order valence-corrected chi connectivity index (χ0v) is 8.51. The standard InChI is InChI=1S/C14H8N2/c1-3-9-4-2-6-11-13(9)10(5-1)12-7-15-8-16-14(11)12/h1-8H. The molecule has 0 amide bonds. The first-order valence-electron chi connectivity index (χ1n) is 5.27. The highest BCUT2D eigenvalue weighted by atomic mass is 14.8. The number of benzene rings is 2. The van der Waals surface area contributed by atoms with Gasteiger partial charge < -0.3 is 0 Å².